The van der Waals surface area contributed by atoms with Gasteiger partial charge in [-0.15, -0.1) is 22.9 Å². The van der Waals surface area contributed by atoms with Crippen LogP contribution in [0.3, 0.4) is 0 Å². The summed E-state index contributed by atoms with van der Waals surface area (Å²) in [5.74, 6) is 0.689. The van der Waals surface area contributed by atoms with Crippen LogP contribution in [0.5, 0.6) is 0 Å². The van der Waals surface area contributed by atoms with Crippen molar-refractivity contribution in [2.45, 2.75) is 32.7 Å². The summed E-state index contributed by atoms with van der Waals surface area (Å²) in [5, 5.41) is 1.16. The van der Waals surface area contributed by atoms with Crippen molar-refractivity contribution in [1.82, 2.24) is 4.98 Å². The number of alkyl halides is 1. The van der Waals surface area contributed by atoms with Gasteiger partial charge in [0.05, 0.1) is 5.69 Å². The molecule has 2 nitrogen and oxygen atoms in total. The molecular formula is C10H15ClN2S. The standard InChI is InChI=1S/C10H15ClN2S/c1-7-8(2)14-10(12-7)13(6-5-11)9-3-4-9/h9H,3-6H2,1-2H3. The summed E-state index contributed by atoms with van der Waals surface area (Å²) in [6, 6.07) is 0.707. The van der Waals surface area contributed by atoms with Crippen molar-refractivity contribution in [3.63, 3.8) is 0 Å². The number of hydrogen-bond acceptors (Lipinski definition) is 3. The van der Waals surface area contributed by atoms with Crippen LogP contribution >= 0.6 is 22.9 Å². The van der Waals surface area contributed by atoms with E-state index in [1.165, 1.54) is 17.7 Å². The highest BCUT2D eigenvalue weighted by Gasteiger charge is 2.30. The normalized spacial score (nSPS) is 15.9. The Morgan fingerprint density at radius 1 is 1.50 bits per heavy atom. The molecule has 2 rings (SSSR count). The summed E-state index contributed by atoms with van der Waals surface area (Å²) >= 11 is 7.59. The molecule has 78 valence electrons. The Labute approximate surface area is 93.9 Å². The first-order chi connectivity index (χ1) is 6.72. The van der Waals surface area contributed by atoms with Crippen molar-refractivity contribution in [1.29, 1.82) is 0 Å². The van der Waals surface area contributed by atoms with Gasteiger partial charge in [-0.25, -0.2) is 4.98 Å². The number of hydrogen-bond donors (Lipinski definition) is 0. The van der Waals surface area contributed by atoms with E-state index in [0.717, 1.165) is 17.4 Å². The van der Waals surface area contributed by atoms with Crippen molar-refractivity contribution in [2.75, 3.05) is 17.3 Å². The van der Waals surface area contributed by atoms with Crippen molar-refractivity contribution < 1.29 is 0 Å². The molecule has 0 spiro atoms. The van der Waals surface area contributed by atoms with E-state index < -0.39 is 0 Å². The van der Waals surface area contributed by atoms with Crippen LogP contribution in [-0.4, -0.2) is 23.5 Å². The van der Waals surface area contributed by atoms with Crippen LogP contribution in [0.1, 0.15) is 23.4 Å². The average Bonchev–Trinajstić information content (AvgIpc) is 2.91. The Morgan fingerprint density at radius 3 is 2.64 bits per heavy atom. The highest BCUT2D eigenvalue weighted by atomic mass is 35.5. The molecule has 1 aliphatic carbocycles. The third kappa shape index (κ3) is 2.04. The van der Waals surface area contributed by atoms with Crippen LogP contribution < -0.4 is 4.90 Å². The molecule has 14 heavy (non-hydrogen) atoms. The molecule has 1 aromatic heterocycles. The van der Waals surface area contributed by atoms with Crippen LogP contribution in [0.15, 0.2) is 0 Å². The maximum atomic E-state index is 5.80. The number of thiazole rings is 1. The number of aryl methyl sites for hydroxylation is 2. The Hall–Kier alpha value is -0.280. The molecule has 0 saturated heterocycles. The second-order valence-corrected chi connectivity index (χ2v) is 5.31. The first-order valence-corrected chi connectivity index (χ1v) is 6.34. The third-order valence-corrected chi connectivity index (χ3v) is 3.86. The van der Waals surface area contributed by atoms with Crippen molar-refractivity contribution in [3.8, 4) is 0 Å². The summed E-state index contributed by atoms with van der Waals surface area (Å²) in [5.41, 5.74) is 1.16. The maximum Gasteiger partial charge on any atom is 0.186 e. The van der Waals surface area contributed by atoms with E-state index in [1.54, 1.807) is 11.3 Å². The van der Waals surface area contributed by atoms with Gasteiger partial charge >= 0.3 is 0 Å². The summed E-state index contributed by atoms with van der Waals surface area (Å²) < 4.78 is 0. The van der Waals surface area contributed by atoms with Crippen LogP contribution in [-0.2, 0) is 0 Å². The van der Waals surface area contributed by atoms with Gasteiger partial charge in [-0.05, 0) is 26.7 Å². The van der Waals surface area contributed by atoms with Crippen LogP contribution in [0.4, 0.5) is 5.13 Å². The van der Waals surface area contributed by atoms with Gasteiger partial charge in [0.2, 0.25) is 0 Å². The van der Waals surface area contributed by atoms with E-state index in [0.29, 0.717) is 11.9 Å². The van der Waals surface area contributed by atoms with Gasteiger partial charge in [-0.1, -0.05) is 0 Å². The smallest absolute Gasteiger partial charge is 0.186 e. The number of anilines is 1. The van der Waals surface area contributed by atoms with Crippen molar-refractivity contribution in [2.24, 2.45) is 0 Å². The summed E-state index contributed by atoms with van der Waals surface area (Å²) in [7, 11) is 0. The van der Waals surface area contributed by atoms with Gasteiger partial charge in [0, 0.05) is 23.3 Å². The molecule has 0 bridgehead atoms. The summed E-state index contributed by atoms with van der Waals surface area (Å²) in [6.45, 7) is 5.13. The quantitative estimate of drug-likeness (QED) is 0.740. The molecule has 1 heterocycles. The van der Waals surface area contributed by atoms with Gasteiger partial charge in [0.1, 0.15) is 0 Å². The number of aromatic nitrogens is 1. The second kappa shape index (κ2) is 4.07. The van der Waals surface area contributed by atoms with Crippen molar-refractivity contribution >= 4 is 28.1 Å². The molecule has 0 aromatic carbocycles. The average molecular weight is 231 g/mol. The monoisotopic (exact) mass is 230 g/mol. The Kier molecular flexibility index (Phi) is 2.98. The molecule has 1 aromatic rings. The van der Waals surface area contributed by atoms with Gasteiger partial charge in [-0.2, -0.15) is 0 Å². The third-order valence-electron chi connectivity index (χ3n) is 2.58. The van der Waals surface area contributed by atoms with E-state index in [-0.39, 0.29) is 0 Å². The minimum Gasteiger partial charge on any atom is -0.344 e. The first kappa shape index (κ1) is 10.2. The predicted octanol–water partition coefficient (Wildman–Crippen LogP) is 2.97. The lowest BCUT2D eigenvalue weighted by molar-refractivity contribution is 0.822. The van der Waals surface area contributed by atoms with E-state index in [2.05, 4.69) is 23.7 Å². The van der Waals surface area contributed by atoms with Crippen LogP contribution in [0, 0.1) is 13.8 Å². The molecule has 0 unspecified atom stereocenters. The molecule has 0 atom stereocenters. The molecule has 4 heteroatoms. The highest BCUT2D eigenvalue weighted by molar-refractivity contribution is 7.15. The lowest BCUT2D eigenvalue weighted by Gasteiger charge is -2.19. The summed E-state index contributed by atoms with van der Waals surface area (Å²) in [4.78, 5) is 8.25. The minimum atomic E-state index is 0.689. The van der Waals surface area contributed by atoms with Gasteiger partial charge < -0.3 is 4.90 Å². The zero-order chi connectivity index (χ0) is 10.1. The molecule has 0 radical (unpaired) electrons. The van der Waals surface area contributed by atoms with Gasteiger partial charge in [0.15, 0.2) is 5.13 Å². The zero-order valence-electron chi connectivity index (χ0n) is 8.59. The Balaban J connectivity index is 2.16. The molecule has 0 aliphatic heterocycles. The number of halogens is 1. The molecular weight excluding hydrogens is 216 g/mol. The van der Waals surface area contributed by atoms with E-state index in [9.17, 15) is 0 Å². The van der Waals surface area contributed by atoms with E-state index >= 15 is 0 Å². The SMILES string of the molecule is Cc1nc(N(CCCl)C2CC2)sc1C. The van der Waals surface area contributed by atoms with Crippen LogP contribution in [0.2, 0.25) is 0 Å². The molecule has 1 saturated carbocycles. The highest BCUT2D eigenvalue weighted by Crippen LogP contribution is 2.34. The maximum absolute atomic E-state index is 5.80. The second-order valence-electron chi connectivity index (χ2n) is 3.75. The molecule has 0 amide bonds. The largest absolute Gasteiger partial charge is 0.344 e. The molecule has 0 N–H and O–H groups in total. The van der Waals surface area contributed by atoms with E-state index in [1.807, 2.05) is 0 Å². The molecule has 1 aliphatic rings. The van der Waals surface area contributed by atoms with Crippen molar-refractivity contribution in [3.05, 3.63) is 10.6 Å². The first-order valence-electron chi connectivity index (χ1n) is 4.99. The lowest BCUT2D eigenvalue weighted by atomic mass is 10.4. The van der Waals surface area contributed by atoms with Gasteiger partial charge in [0.25, 0.3) is 0 Å². The Morgan fingerprint density at radius 2 is 2.21 bits per heavy atom. The van der Waals surface area contributed by atoms with E-state index in [4.69, 9.17) is 11.6 Å². The van der Waals surface area contributed by atoms with Crippen LogP contribution in [0.25, 0.3) is 0 Å². The number of rotatable bonds is 4. The fourth-order valence-corrected chi connectivity index (χ4v) is 2.68. The Bertz CT molecular complexity index is 300. The zero-order valence-corrected chi connectivity index (χ0v) is 10.2. The predicted molar refractivity (Wildman–Crippen MR) is 62.7 cm³/mol. The fraction of sp³-hybridized carbons (Fsp3) is 0.700. The van der Waals surface area contributed by atoms with Gasteiger partial charge in [-0.3, -0.25) is 0 Å². The number of nitrogens with zero attached hydrogens (tertiary/aromatic N) is 2. The molecule has 1 fully saturated rings. The minimum absolute atomic E-state index is 0.689. The lowest BCUT2D eigenvalue weighted by Crippen LogP contribution is -2.27. The fourth-order valence-electron chi connectivity index (χ4n) is 1.49. The summed E-state index contributed by atoms with van der Waals surface area (Å²) in [6.07, 6.45) is 2.60. The topological polar surface area (TPSA) is 16.1 Å².